The van der Waals surface area contributed by atoms with Gasteiger partial charge in [-0.05, 0) is 23.8 Å². The standard InChI is InChI=1S/C23H29NO10S2/c1-29-16-11-18-22(19(12-16)30-2)21(35-14-20(31-3)23(18)32-4)13-33-9-10-34-36(27,28)17-7-5-15(6-8-17)24(25)26/h5-8,11-12,20-21,23H,9-10,13-14H2,1-4H3. The molecule has 0 fully saturated rings. The van der Waals surface area contributed by atoms with Crippen LogP contribution in [-0.2, 0) is 28.5 Å². The first kappa shape index (κ1) is 28.2. The lowest BCUT2D eigenvalue weighted by atomic mass is 9.95. The zero-order chi connectivity index (χ0) is 26.3. The summed E-state index contributed by atoms with van der Waals surface area (Å²) in [5.41, 5.74) is 1.56. The van der Waals surface area contributed by atoms with E-state index in [1.165, 1.54) is 0 Å². The molecule has 3 atom stereocenters. The smallest absolute Gasteiger partial charge is 0.297 e. The Morgan fingerprint density at radius 3 is 2.33 bits per heavy atom. The van der Waals surface area contributed by atoms with Crippen LogP contribution in [0.2, 0.25) is 0 Å². The van der Waals surface area contributed by atoms with Crippen molar-refractivity contribution in [1.82, 2.24) is 0 Å². The Morgan fingerprint density at radius 2 is 1.75 bits per heavy atom. The Hall–Kier alpha value is -2.42. The predicted octanol–water partition coefficient (Wildman–Crippen LogP) is 3.52. The molecule has 0 saturated carbocycles. The van der Waals surface area contributed by atoms with E-state index in [4.69, 9.17) is 27.9 Å². The molecule has 198 valence electrons. The number of nitro groups is 1. The summed E-state index contributed by atoms with van der Waals surface area (Å²) < 4.78 is 58.1. The first-order valence-corrected chi connectivity index (χ1v) is 13.4. The molecule has 1 aliphatic rings. The highest BCUT2D eigenvalue weighted by atomic mass is 32.2. The number of methoxy groups -OCH3 is 4. The number of hydrogen-bond acceptors (Lipinski definition) is 11. The van der Waals surface area contributed by atoms with Gasteiger partial charge in [0.1, 0.15) is 17.6 Å². The maximum absolute atomic E-state index is 12.4. The summed E-state index contributed by atoms with van der Waals surface area (Å²) in [6.07, 6.45) is -0.558. The van der Waals surface area contributed by atoms with Crippen molar-refractivity contribution in [2.45, 2.75) is 22.4 Å². The van der Waals surface area contributed by atoms with Gasteiger partial charge in [0.2, 0.25) is 0 Å². The summed E-state index contributed by atoms with van der Waals surface area (Å²) in [7, 11) is 2.33. The van der Waals surface area contributed by atoms with Gasteiger partial charge in [0.15, 0.2) is 0 Å². The number of benzene rings is 2. The Labute approximate surface area is 214 Å². The van der Waals surface area contributed by atoms with E-state index in [1.807, 2.05) is 6.07 Å². The van der Waals surface area contributed by atoms with Crippen molar-refractivity contribution >= 4 is 27.6 Å². The van der Waals surface area contributed by atoms with Crippen LogP contribution in [-0.4, -0.2) is 73.5 Å². The molecule has 1 aliphatic heterocycles. The number of non-ortho nitro benzene ring substituents is 1. The highest BCUT2D eigenvalue weighted by Gasteiger charge is 2.35. The monoisotopic (exact) mass is 543 g/mol. The Morgan fingerprint density at radius 1 is 1.03 bits per heavy atom. The van der Waals surface area contributed by atoms with Crippen LogP contribution in [0.3, 0.4) is 0 Å². The van der Waals surface area contributed by atoms with Crippen LogP contribution in [0.4, 0.5) is 5.69 Å². The lowest BCUT2D eigenvalue weighted by Crippen LogP contribution is -2.24. The Kier molecular flexibility index (Phi) is 9.93. The average Bonchev–Trinajstić information content (AvgIpc) is 3.03. The van der Waals surface area contributed by atoms with Crippen LogP contribution in [0, 0.1) is 10.1 Å². The zero-order valence-corrected chi connectivity index (χ0v) is 22.0. The molecular weight excluding hydrogens is 514 g/mol. The number of rotatable bonds is 12. The fourth-order valence-electron chi connectivity index (χ4n) is 3.87. The molecule has 2 aromatic rings. The molecule has 3 rings (SSSR count). The van der Waals surface area contributed by atoms with Crippen molar-refractivity contribution in [3.8, 4) is 11.5 Å². The molecule has 0 saturated heterocycles. The van der Waals surface area contributed by atoms with Crippen molar-refractivity contribution in [2.75, 3.05) is 54.0 Å². The second-order valence-electron chi connectivity index (χ2n) is 7.69. The second-order valence-corrected chi connectivity index (χ2v) is 10.5. The largest absolute Gasteiger partial charge is 0.497 e. The number of hydrogen-bond donors (Lipinski definition) is 0. The van der Waals surface area contributed by atoms with Crippen molar-refractivity contribution in [3.63, 3.8) is 0 Å². The fourth-order valence-corrected chi connectivity index (χ4v) is 6.11. The van der Waals surface area contributed by atoms with Gasteiger partial charge in [-0.1, -0.05) is 0 Å². The van der Waals surface area contributed by atoms with Crippen molar-refractivity contribution in [2.24, 2.45) is 0 Å². The minimum atomic E-state index is -4.08. The summed E-state index contributed by atoms with van der Waals surface area (Å²) in [6.45, 7) is 0.0529. The van der Waals surface area contributed by atoms with Gasteiger partial charge < -0.3 is 23.7 Å². The van der Waals surface area contributed by atoms with Crippen LogP contribution in [0.5, 0.6) is 11.5 Å². The first-order valence-electron chi connectivity index (χ1n) is 10.9. The maximum Gasteiger partial charge on any atom is 0.297 e. The highest BCUT2D eigenvalue weighted by molar-refractivity contribution is 7.99. The maximum atomic E-state index is 12.4. The van der Waals surface area contributed by atoms with Gasteiger partial charge in [-0.25, -0.2) is 0 Å². The van der Waals surface area contributed by atoms with Gasteiger partial charge in [-0.15, -0.1) is 11.8 Å². The second kappa shape index (κ2) is 12.7. The Balaban J connectivity index is 1.68. The molecule has 3 unspecified atom stereocenters. The van der Waals surface area contributed by atoms with Gasteiger partial charge in [0.05, 0.1) is 55.2 Å². The third kappa shape index (κ3) is 6.47. The molecular formula is C23H29NO10S2. The summed E-state index contributed by atoms with van der Waals surface area (Å²) in [6, 6.07) is 8.18. The number of nitrogens with zero attached hydrogens (tertiary/aromatic N) is 1. The molecule has 0 N–H and O–H groups in total. The van der Waals surface area contributed by atoms with E-state index in [0.29, 0.717) is 17.3 Å². The molecule has 0 amide bonds. The van der Waals surface area contributed by atoms with Crippen molar-refractivity contribution < 1.29 is 41.2 Å². The molecule has 0 aliphatic carbocycles. The Bertz CT molecular complexity index is 1140. The van der Waals surface area contributed by atoms with Crippen LogP contribution >= 0.6 is 11.8 Å². The number of ether oxygens (including phenoxy) is 5. The number of thioether (sulfide) groups is 1. The van der Waals surface area contributed by atoms with E-state index in [1.54, 1.807) is 46.3 Å². The molecule has 2 aromatic carbocycles. The van der Waals surface area contributed by atoms with E-state index >= 15 is 0 Å². The van der Waals surface area contributed by atoms with Crippen LogP contribution in [0.1, 0.15) is 22.5 Å². The van der Waals surface area contributed by atoms with Gasteiger partial charge >= 0.3 is 0 Å². The average molecular weight is 544 g/mol. The summed E-state index contributed by atoms with van der Waals surface area (Å²) >= 11 is 1.62. The van der Waals surface area contributed by atoms with Crippen molar-refractivity contribution in [3.05, 3.63) is 57.6 Å². The molecule has 13 heteroatoms. The minimum Gasteiger partial charge on any atom is -0.497 e. The third-order valence-electron chi connectivity index (χ3n) is 5.66. The van der Waals surface area contributed by atoms with E-state index < -0.39 is 15.0 Å². The quantitative estimate of drug-likeness (QED) is 0.168. The molecule has 11 nitrogen and oxygen atoms in total. The fraction of sp³-hybridized carbons (Fsp3) is 0.478. The van der Waals surface area contributed by atoms with Crippen LogP contribution < -0.4 is 9.47 Å². The zero-order valence-electron chi connectivity index (χ0n) is 20.4. The normalized spacial score (nSPS) is 19.8. The van der Waals surface area contributed by atoms with Gasteiger partial charge in [-0.2, -0.15) is 8.42 Å². The molecule has 36 heavy (non-hydrogen) atoms. The summed E-state index contributed by atoms with van der Waals surface area (Å²) in [4.78, 5) is 9.98. The third-order valence-corrected chi connectivity index (χ3v) is 8.28. The molecule has 0 radical (unpaired) electrons. The van der Waals surface area contributed by atoms with Crippen LogP contribution in [0.25, 0.3) is 0 Å². The van der Waals surface area contributed by atoms with E-state index in [-0.39, 0.29) is 47.9 Å². The minimum absolute atomic E-state index is 0.0124. The predicted molar refractivity (Wildman–Crippen MR) is 132 cm³/mol. The number of nitro benzene ring substituents is 1. The SMILES string of the molecule is COc1cc(OC)c2c(c1)C(OC)C(OC)CSC2COCCOS(=O)(=O)c1ccc([N+](=O)[O-])cc1. The van der Waals surface area contributed by atoms with E-state index in [9.17, 15) is 18.5 Å². The topological polar surface area (TPSA) is 133 Å². The lowest BCUT2D eigenvalue weighted by molar-refractivity contribution is -0.384. The molecule has 0 aromatic heterocycles. The van der Waals surface area contributed by atoms with Gasteiger partial charge in [0.25, 0.3) is 15.8 Å². The van der Waals surface area contributed by atoms with E-state index in [2.05, 4.69) is 0 Å². The van der Waals surface area contributed by atoms with Gasteiger partial charge in [0, 0.05) is 43.7 Å². The first-order chi connectivity index (χ1) is 17.2. The summed E-state index contributed by atoms with van der Waals surface area (Å²) in [5.74, 6) is 1.88. The van der Waals surface area contributed by atoms with Gasteiger partial charge in [-0.3, -0.25) is 14.3 Å². The molecule has 1 heterocycles. The highest BCUT2D eigenvalue weighted by Crippen LogP contribution is 2.47. The summed E-state index contributed by atoms with van der Waals surface area (Å²) in [5, 5.41) is 10.6. The number of fused-ring (bicyclic) bond motifs is 1. The lowest BCUT2D eigenvalue weighted by Gasteiger charge is -2.25. The van der Waals surface area contributed by atoms with E-state index in [0.717, 1.165) is 35.4 Å². The van der Waals surface area contributed by atoms with Crippen LogP contribution in [0.15, 0.2) is 41.3 Å². The molecule has 0 bridgehead atoms. The van der Waals surface area contributed by atoms with Crippen molar-refractivity contribution in [1.29, 1.82) is 0 Å². The molecule has 0 spiro atoms.